The van der Waals surface area contributed by atoms with Gasteiger partial charge in [0.15, 0.2) is 11.5 Å². The Morgan fingerprint density at radius 1 is 1.53 bits per heavy atom. The first-order chi connectivity index (χ1) is 8.04. The van der Waals surface area contributed by atoms with Gasteiger partial charge in [0.2, 0.25) is 11.7 Å². The van der Waals surface area contributed by atoms with E-state index in [1.807, 2.05) is 0 Å². The van der Waals surface area contributed by atoms with Gasteiger partial charge in [0.25, 0.3) is 0 Å². The average Bonchev–Trinajstić information content (AvgIpc) is 2.72. The van der Waals surface area contributed by atoms with Crippen LogP contribution in [0.25, 0.3) is 11.3 Å². The highest BCUT2D eigenvalue weighted by molar-refractivity contribution is 9.10. The van der Waals surface area contributed by atoms with Crippen LogP contribution in [0.15, 0.2) is 21.1 Å². The number of anilines is 1. The van der Waals surface area contributed by atoms with Crippen molar-refractivity contribution in [1.29, 1.82) is 0 Å². The van der Waals surface area contributed by atoms with E-state index in [1.54, 1.807) is 0 Å². The molecule has 0 bridgehead atoms. The van der Waals surface area contributed by atoms with E-state index in [2.05, 4.69) is 21.1 Å². The summed E-state index contributed by atoms with van der Waals surface area (Å²) in [4.78, 5) is 0. The second kappa shape index (κ2) is 4.25. The van der Waals surface area contributed by atoms with Gasteiger partial charge in [-0.1, -0.05) is 5.16 Å². The van der Waals surface area contributed by atoms with E-state index in [9.17, 15) is 9.50 Å². The first-order valence-electron chi connectivity index (χ1n) is 4.52. The molecule has 7 heteroatoms. The molecule has 0 saturated heterocycles. The molecule has 0 aliphatic carbocycles. The van der Waals surface area contributed by atoms with Crippen LogP contribution in [0, 0.1) is 5.82 Å². The molecule has 0 atom stereocenters. The number of halogens is 2. The number of phenols is 1. The van der Waals surface area contributed by atoms with Crippen LogP contribution in [0.1, 0.15) is 0 Å². The average molecular weight is 303 g/mol. The van der Waals surface area contributed by atoms with Crippen LogP contribution < -0.4 is 10.5 Å². The van der Waals surface area contributed by atoms with Gasteiger partial charge in [-0.05, 0) is 22.0 Å². The number of ether oxygens (including phenoxy) is 1. The summed E-state index contributed by atoms with van der Waals surface area (Å²) in [5.74, 6) is -1.42. The number of benzene rings is 1. The molecular weight excluding hydrogens is 295 g/mol. The number of hydrogen-bond acceptors (Lipinski definition) is 5. The normalized spacial score (nSPS) is 10.5. The van der Waals surface area contributed by atoms with E-state index in [0.29, 0.717) is 11.3 Å². The van der Waals surface area contributed by atoms with Crippen molar-refractivity contribution < 1.29 is 18.8 Å². The number of aromatic nitrogens is 1. The van der Waals surface area contributed by atoms with Crippen molar-refractivity contribution in [2.45, 2.75) is 0 Å². The zero-order valence-corrected chi connectivity index (χ0v) is 10.3. The van der Waals surface area contributed by atoms with Gasteiger partial charge in [0.05, 0.1) is 17.1 Å². The summed E-state index contributed by atoms with van der Waals surface area (Å²) in [5.41, 5.74) is 6.04. The van der Waals surface area contributed by atoms with Crippen molar-refractivity contribution in [2.24, 2.45) is 0 Å². The number of phenolic OH excluding ortho intramolecular Hbond substituents is 1. The van der Waals surface area contributed by atoms with Crippen molar-refractivity contribution >= 4 is 21.8 Å². The molecule has 0 aliphatic heterocycles. The number of methoxy groups -OCH3 is 1. The van der Waals surface area contributed by atoms with Gasteiger partial charge in [-0.3, -0.25) is 0 Å². The third-order valence-electron chi connectivity index (χ3n) is 2.16. The smallest absolute Gasteiger partial charge is 0.222 e. The highest BCUT2D eigenvalue weighted by Gasteiger charge is 2.20. The number of nitrogens with two attached hydrogens (primary N) is 1. The second-order valence-corrected chi connectivity index (χ2v) is 4.07. The Hall–Kier alpha value is -1.76. The largest absolute Gasteiger partial charge is 0.504 e. The molecule has 0 fully saturated rings. The monoisotopic (exact) mass is 302 g/mol. The first kappa shape index (κ1) is 11.7. The van der Waals surface area contributed by atoms with Gasteiger partial charge in [0.1, 0.15) is 5.69 Å². The molecule has 17 heavy (non-hydrogen) atoms. The highest BCUT2D eigenvalue weighted by Crippen LogP contribution is 2.41. The van der Waals surface area contributed by atoms with E-state index in [4.69, 9.17) is 15.0 Å². The van der Waals surface area contributed by atoms with E-state index >= 15 is 0 Å². The van der Waals surface area contributed by atoms with Crippen molar-refractivity contribution in [2.75, 3.05) is 12.8 Å². The van der Waals surface area contributed by atoms with Crippen molar-refractivity contribution in [1.82, 2.24) is 5.16 Å². The molecule has 0 aliphatic rings. The quantitative estimate of drug-likeness (QED) is 0.891. The molecule has 3 N–H and O–H groups in total. The summed E-state index contributed by atoms with van der Waals surface area (Å²) in [6.45, 7) is 0. The lowest BCUT2D eigenvalue weighted by molar-refractivity contribution is 0.364. The fraction of sp³-hybridized carbons (Fsp3) is 0.100. The first-order valence-corrected chi connectivity index (χ1v) is 5.31. The summed E-state index contributed by atoms with van der Waals surface area (Å²) >= 11 is 3.03. The Balaban J connectivity index is 2.69. The van der Waals surface area contributed by atoms with Crippen LogP contribution in [0.2, 0.25) is 0 Å². The van der Waals surface area contributed by atoms with Gasteiger partial charge in [-0.25, -0.2) is 0 Å². The molecule has 1 heterocycles. The number of aromatic hydroxyl groups is 1. The lowest BCUT2D eigenvalue weighted by Crippen LogP contribution is -1.93. The van der Waals surface area contributed by atoms with Gasteiger partial charge in [0, 0.05) is 6.07 Å². The predicted molar refractivity (Wildman–Crippen MR) is 62.2 cm³/mol. The lowest BCUT2D eigenvalue weighted by Gasteiger charge is -2.09. The standard InChI is InChI=1S/C10H8BrFN2O3/c1-16-10-4(6-3-7(13)17-14-6)2-5(11)9(15)8(10)12/h2-3,15H,13H2,1H3. The zero-order chi connectivity index (χ0) is 12.6. The molecule has 0 radical (unpaired) electrons. The maximum absolute atomic E-state index is 13.7. The molecule has 1 aromatic heterocycles. The van der Waals surface area contributed by atoms with Crippen molar-refractivity contribution in [3.05, 3.63) is 22.4 Å². The summed E-state index contributed by atoms with van der Waals surface area (Å²) < 4.78 is 23.5. The van der Waals surface area contributed by atoms with E-state index in [-0.39, 0.29) is 16.1 Å². The van der Waals surface area contributed by atoms with Crippen LogP contribution in [0.5, 0.6) is 11.5 Å². The third-order valence-corrected chi connectivity index (χ3v) is 2.76. The molecule has 1 aromatic carbocycles. The second-order valence-electron chi connectivity index (χ2n) is 3.22. The third kappa shape index (κ3) is 1.93. The summed E-state index contributed by atoms with van der Waals surface area (Å²) in [7, 11) is 1.29. The SMILES string of the molecule is COc1c(-c2cc(N)on2)cc(Br)c(O)c1F. The van der Waals surface area contributed by atoms with Crippen LogP contribution in [-0.2, 0) is 0 Å². The Labute approximate surface area is 104 Å². The number of hydrogen-bond donors (Lipinski definition) is 2. The molecule has 0 spiro atoms. The molecule has 2 rings (SSSR count). The Bertz CT molecular complexity index is 571. The maximum Gasteiger partial charge on any atom is 0.222 e. The number of nitrogen functional groups attached to an aromatic ring is 1. The zero-order valence-electron chi connectivity index (χ0n) is 8.70. The van der Waals surface area contributed by atoms with Gasteiger partial charge in [-0.2, -0.15) is 4.39 Å². The van der Waals surface area contributed by atoms with Gasteiger partial charge < -0.3 is 20.1 Å². The van der Waals surface area contributed by atoms with Crippen LogP contribution in [0.4, 0.5) is 10.3 Å². The number of nitrogens with zero attached hydrogens (tertiary/aromatic N) is 1. The molecule has 5 nitrogen and oxygen atoms in total. The Kier molecular flexibility index (Phi) is 2.93. The highest BCUT2D eigenvalue weighted by atomic mass is 79.9. The molecule has 0 unspecified atom stereocenters. The Morgan fingerprint density at radius 3 is 2.76 bits per heavy atom. The van der Waals surface area contributed by atoms with E-state index in [1.165, 1.54) is 19.2 Å². The summed E-state index contributed by atoms with van der Waals surface area (Å²) in [6, 6.07) is 2.90. The summed E-state index contributed by atoms with van der Waals surface area (Å²) in [5, 5.41) is 13.1. The fourth-order valence-corrected chi connectivity index (χ4v) is 1.80. The van der Waals surface area contributed by atoms with E-state index in [0.717, 1.165) is 0 Å². The predicted octanol–water partition coefficient (Wildman–Crippen LogP) is 2.54. The maximum atomic E-state index is 13.7. The molecule has 90 valence electrons. The molecule has 0 amide bonds. The number of rotatable bonds is 2. The minimum atomic E-state index is -0.876. The Morgan fingerprint density at radius 2 is 2.24 bits per heavy atom. The van der Waals surface area contributed by atoms with Crippen LogP contribution >= 0.6 is 15.9 Å². The van der Waals surface area contributed by atoms with Crippen molar-refractivity contribution in [3.8, 4) is 22.8 Å². The fourth-order valence-electron chi connectivity index (χ4n) is 1.40. The van der Waals surface area contributed by atoms with Gasteiger partial charge >= 0.3 is 0 Å². The molecular formula is C10H8BrFN2O3. The molecule has 2 aromatic rings. The lowest BCUT2D eigenvalue weighted by atomic mass is 10.1. The van der Waals surface area contributed by atoms with Crippen LogP contribution in [-0.4, -0.2) is 17.4 Å². The van der Waals surface area contributed by atoms with E-state index < -0.39 is 11.6 Å². The summed E-state index contributed by atoms with van der Waals surface area (Å²) in [6.07, 6.45) is 0. The molecule has 0 saturated carbocycles. The van der Waals surface area contributed by atoms with Gasteiger partial charge in [-0.15, -0.1) is 0 Å². The topological polar surface area (TPSA) is 81.5 Å². The van der Waals surface area contributed by atoms with Crippen LogP contribution in [0.3, 0.4) is 0 Å². The minimum Gasteiger partial charge on any atom is -0.504 e. The van der Waals surface area contributed by atoms with Crippen molar-refractivity contribution in [3.63, 3.8) is 0 Å². The minimum absolute atomic E-state index is 0.103.